The molecule has 1 aliphatic rings. The Morgan fingerprint density at radius 1 is 1.18 bits per heavy atom. The number of carbonyl (C=O) groups is 1. The number of thioether (sulfide) groups is 1. The van der Waals surface area contributed by atoms with Gasteiger partial charge in [-0.3, -0.25) is 9.36 Å². The van der Waals surface area contributed by atoms with E-state index in [2.05, 4.69) is 31.0 Å². The number of hydrogen-bond acceptors (Lipinski definition) is 9. The fraction of sp³-hybridized carbons (Fsp3) is 0.654. The number of hydrogen-bond donors (Lipinski definition) is 0. The van der Waals surface area contributed by atoms with Crippen molar-refractivity contribution >= 4 is 27.8 Å². The average molecular weight is 569 g/mol. The molecule has 10 nitrogen and oxygen atoms in total. The number of carbonyl (C=O) groups excluding carboxylic acids is 1. The maximum absolute atomic E-state index is 12.9. The van der Waals surface area contributed by atoms with Gasteiger partial charge in [0, 0.05) is 33.9 Å². The summed E-state index contributed by atoms with van der Waals surface area (Å²) in [5.74, 6) is 1.58. The first kappa shape index (κ1) is 30.6. The average Bonchev–Trinajstić information content (AvgIpc) is 3.28. The number of benzene rings is 1. The number of rotatable bonds is 12. The molecule has 212 valence electrons. The van der Waals surface area contributed by atoms with Crippen LogP contribution in [0.3, 0.4) is 0 Å². The summed E-state index contributed by atoms with van der Waals surface area (Å²) < 4.78 is 45.1. The van der Waals surface area contributed by atoms with Crippen molar-refractivity contribution in [3.05, 3.63) is 24.3 Å². The van der Waals surface area contributed by atoms with Crippen LogP contribution in [0.4, 0.5) is 0 Å². The van der Waals surface area contributed by atoms with E-state index in [9.17, 15) is 13.2 Å². The first-order valence-electron chi connectivity index (χ1n) is 12.8. The van der Waals surface area contributed by atoms with Crippen LogP contribution < -0.4 is 0 Å². The van der Waals surface area contributed by atoms with Crippen LogP contribution in [0.5, 0.6) is 0 Å². The molecule has 0 N–H and O–H groups in total. The molecule has 1 aromatic carbocycles. The molecule has 1 heterocycles. The quantitative estimate of drug-likeness (QED) is 0.214. The van der Waals surface area contributed by atoms with E-state index >= 15 is 0 Å². The van der Waals surface area contributed by atoms with Crippen molar-refractivity contribution in [1.82, 2.24) is 19.1 Å². The van der Waals surface area contributed by atoms with Crippen molar-refractivity contribution in [2.75, 3.05) is 34.1 Å². The highest BCUT2D eigenvalue weighted by Crippen LogP contribution is 2.36. The van der Waals surface area contributed by atoms with Gasteiger partial charge < -0.3 is 14.2 Å². The van der Waals surface area contributed by atoms with Gasteiger partial charge >= 0.3 is 5.97 Å². The van der Waals surface area contributed by atoms with Gasteiger partial charge in [0.15, 0.2) is 17.3 Å². The Bertz CT molecular complexity index is 1180. The Morgan fingerprint density at radius 3 is 2.53 bits per heavy atom. The zero-order valence-electron chi connectivity index (χ0n) is 23.3. The molecule has 1 aromatic heterocycles. The summed E-state index contributed by atoms with van der Waals surface area (Å²) in [5, 5.41) is 9.13. The Hall–Kier alpha value is -1.99. The van der Waals surface area contributed by atoms with Crippen LogP contribution >= 0.6 is 11.8 Å². The molecule has 0 radical (unpaired) electrons. The molecule has 1 saturated carbocycles. The SMILES string of the molecule is COC(Cn1c(SCC(=O)OC2CC(C)CCC2C(C)C)nnc1-c1cccc(S(=O)(=O)N(C)C)c1)OC. The predicted molar refractivity (Wildman–Crippen MR) is 146 cm³/mol. The topological polar surface area (TPSA) is 113 Å². The number of methoxy groups -OCH3 is 2. The number of nitrogens with zero attached hydrogens (tertiary/aromatic N) is 4. The maximum atomic E-state index is 12.9. The van der Waals surface area contributed by atoms with Crippen molar-refractivity contribution in [1.29, 1.82) is 0 Å². The van der Waals surface area contributed by atoms with Gasteiger partial charge in [-0.15, -0.1) is 10.2 Å². The van der Waals surface area contributed by atoms with Gasteiger partial charge in [0.25, 0.3) is 0 Å². The van der Waals surface area contributed by atoms with Gasteiger partial charge in [-0.1, -0.05) is 51.1 Å². The minimum absolute atomic E-state index is 0.0759. The fourth-order valence-electron chi connectivity index (χ4n) is 4.75. The molecule has 0 saturated heterocycles. The van der Waals surface area contributed by atoms with Crippen LogP contribution in [0.15, 0.2) is 34.3 Å². The van der Waals surface area contributed by atoms with Crippen molar-refractivity contribution in [3.63, 3.8) is 0 Å². The normalized spacial score (nSPS) is 20.4. The highest BCUT2D eigenvalue weighted by Gasteiger charge is 2.33. The smallest absolute Gasteiger partial charge is 0.316 e. The first-order valence-corrected chi connectivity index (χ1v) is 15.2. The molecule has 3 atom stereocenters. The summed E-state index contributed by atoms with van der Waals surface area (Å²) in [5.41, 5.74) is 0.566. The van der Waals surface area contributed by atoms with Gasteiger partial charge in [-0.05, 0) is 42.7 Å². The molecule has 0 spiro atoms. The Morgan fingerprint density at radius 2 is 1.89 bits per heavy atom. The van der Waals surface area contributed by atoms with Crippen LogP contribution in [0.25, 0.3) is 11.4 Å². The Balaban J connectivity index is 1.84. The summed E-state index contributed by atoms with van der Waals surface area (Å²) in [7, 11) is 2.39. The molecule has 0 amide bonds. The van der Waals surface area contributed by atoms with E-state index in [1.807, 2.05) is 0 Å². The van der Waals surface area contributed by atoms with Crippen LogP contribution in [0.1, 0.15) is 40.0 Å². The molecule has 1 fully saturated rings. The van der Waals surface area contributed by atoms with Gasteiger partial charge in [0.2, 0.25) is 10.0 Å². The second-order valence-electron chi connectivity index (χ2n) is 10.3. The second kappa shape index (κ2) is 13.4. The molecule has 3 unspecified atom stereocenters. The molecular weight excluding hydrogens is 528 g/mol. The van der Waals surface area contributed by atoms with E-state index in [1.54, 1.807) is 22.8 Å². The molecule has 38 heavy (non-hydrogen) atoms. The number of esters is 1. The molecule has 0 bridgehead atoms. The van der Waals surface area contributed by atoms with Crippen LogP contribution in [-0.4, -0.2) is 79.9 Å². The molecule has 1 aliphatic carbocycles. The molecule has 12 heteroatoms. The number of sulfonamides is 1. The van der Waals surface area contributed by atoms with Gasteiger partial charge in [-0.2, -0.15) is 0 Å². The van der Waals surface area contributed by atoms with Gasteiger partial charge in [-0.25, -0.2) is 12.7 Å². The van der Waals surface area contributed by atoms with Crippen molar-refractivity contribution in [2.24, 2.45) is 17.8 Å². The van der Waals surface area contributed by atoms with Gasteiger partial charge in [0.1, 0.15) is 6.10 Å². The highest BCUT2D eigenvalue weighted by atomic mass is 32.2. The van der Waals surface area contributed by atoms with Crippen LogP contribution in [0.2, 0.25) is 0 Å². The lowest BCUT2D eigenvalue weighted by atomic mass is 9.75. The number of ether oxygens (including phenoxy) is 3. The van der Waals surface area contributed by atoms with E-state index in [1.165, 1.54) is 46.1 Å². The van der Waals surface area contributed by atoms with Crippen LogP contribution in [0, 0.1) is 17.8 Å². The zero-order chi connectivity index (χ0) is 28.0. The molecule has 2 aromatic rings. The first-order chi connectivity index (χ1) is 18.0. The summed E-state index contributed by atoms with van der Waals surface area (Å²) >= 11 is 1.22. The van der Waals surface area contributed by atoms with E-state index in [4.69, 9.17) is 14.2 Å². The van der Waals surface area contributed by atoms with E-state index in [0.29, 0.717) is 34.3 Å². The third kappa shape index (κ3) is 7.35. The Kier molecular flexibility index (Phi) is 10.8. The highest BCUT2D eigenvalue weighted by molar-refractivity contribution is 7.99. The third-order valence-electron chi connectivity index (χ3n) is 7.01. The van der Waals surface area contributed by atoms with Crippen molar-refractivity contribution in [2.45, 2.75) is 69.0 Å². The monoisotopic (exact) mass is 568 g/mol. The van der Waals surface area contributed by atoms with Crippen molar-refractivity contribution in [3.8, 4) is 11.4 Å². The largest absolute Gasteiger partial charge is 0.461 e. The lowest BCUT2D eigenvalue weighted by Gasteiger charge is -2.36. The minimum Gasteiger partial charge on any atom is -0.461 e. The summed E-state index contributed by atoms with van der Waals surface area (Å²) in [6.45, 7) is 6.81. The lowest BCUT2D eigenvalue weighted by molar-refractivity contribution is -0.152. The van der Waals surface area contributed by atoms with E-state index < -0.39 is 16.3 Å². The van der Waals surface area contributed by atoms with Crippen LogP contribution in [-0.2, 0) is 35.6 Å². The number of aromatic nitrogens is 3. The minimum atomic E-state index is -3.64. The van der Waals surface area contributed by atoms with E-state index in [0.717, 1.165) is 23.6 Å². The molecule has 0 aliphatic heterocycles. The summed E-state index contributed by atoms with van der Waals surface area (Å²) in [6, 6.07) is 6.52. The molecule has 3 rings (SSSR count). The zero-order valence-corrected chi connectivity index (χ0v) is 24.9. The standard InChI is InChI=1S/C26H40N4O6S2/c1-17(2)21-12-11-18(3)13-22(21)36-23(31)16-37-26-28-27-25(30(26)15-24(34-6)35-7)19-9-8-10-20(14-19)38(32,33)29(4)5/h8-10,14,17-18,21-22,24H,11-13,15-16H2,1-7H3. The second-order valence-corrected chi connectivity index (χ2v) is 13.4. The predicted octanol–water partition coefficient (Wildman–Crippen LogP) is 3.91. The maximum Gasteiger partial charge on any atom is 0.316 e. The molecular formula is C26H40N4O6S2. The summed E-state index contributed by atoms with van der Waals surface area (Å²) in [6.07, 6.45) is 2.44. The Labute approximate surface area is 230 Å². The summed E-state index contributed by atoms with van der Waals surface area (Å²) in [4.78, 5) is 13.0. The van der Waals surface area contributed by atoms with E-state index in [-0.39, 0.29) is 29.3 Å². The van der Waals surface area contributed by atoms with Crippen molar-refractivity contribution < 1.29 is 27.4 Å². The van der Waals surface area contributed by atoms with Gasteiger partial charge in [0.05, 0.1) is 17.2 Å². The fourth-order valence-corrected chi connectivity index (χ4v) is 6.43. The lowest BCUT2D eigenvalue weighted by Crippen LogP contribution is -2.36. The third-order valence-corrected chi connectivity index (χ3v) is 9.76.